The van der Waals surface area contributed by atoms with Crippen molar-refractivity contribution in [2.75, 3.05) is 6.54 Å². The second-order valence-electron chi connectivity index (χ2n) is 5.97. The summed E-state index contributed by atoms with van der Waals surface area (Å²) < 4.78 is 0. The molecule has 0 atom stereocenters. The van der Waals surface area contributed by atoms with Crippen LogP contribution in [-0.4, -0.2) is 28.6 Å². The molecule has 2 aromatic rings. The van der Waals surface area contributed by atoms with Crippen LogP contribution in [-0.2, 0) is 9.59 Å². The van der Waals surface area contributed by atoms with Gasteiger partial charge in [0.1, 0.15) is 0 Å². The van der Waals surface area contributed by atoms with E-state index in [1.807, 2.05) is 25.1 Å². The molecule has 2 amide bonds. The van der Waals surface area contributed by atoms with E-state index in [1.165, 1.54) is 11.3 Å². The first-order valence-corrected chi connectivity index (χ1v) is 9.86. The van der Waals surface area contributed by atoms with Crippen molar-refractivity contribution in [2.45, 2.75) is 32.6 Å². The first-order chi connectivity index (χ1) is 13.0. The van der Waals surface area contributed by atoms with Gasteiger partial charge in [0.05, 0.1) is 16.1 Å². The van der Waals surface area contributed by atoms with Crippen molar-refractivity contribution in [2.24, 2.45) is 0 Å². The number of benzene rings is 1. The molecule has 0 bridgehead atoms. The minimum absolute atomic E-state index is 0.168. The normalized spacial score (nSPS) is 11.3. The van der Waals surface area contributed by atoms with E-state index in [0.29, 0.717) is 23.6 Å². The maximum atomic E-state index is 12.7. The van der Waals surface area contributed by atoms with Crippen LogP contribution in [0, 0.1) is 6.92 Å². The van der Waals surface area contributed by atoms with Gasteiger partial charge in [-0.15, -0.1) is 11.3 Å². The summed E-state index contributed by atoms with van der Waals surface area (Å²) in [5.74, 6) is -0.565. The monoisotopic (exact) mass is 407 g/mol. The van der Waals surface area contributed by atoms with Crippen LogP contribution in [0.25, 0.3) is 11.6 Å². The van der Waals surface area contributed by atoms with Crippen LogP contribution in [0.3, 0.4) is 0 Å². The molecule has 0 aliphatic rings. The first kappa shape index (κ1) is 21.1. The van der Waals surface area contributed by atoms with Crippen LogP contribution in [0.5, 0.6) is 0 Å². The Morgan fingerprint density at radius 3 is 2.59 bits per heavy atom. The fraction of sp³-hybridized carbons (Fsp3) is 0.316. The Bertz CT molecular complexity index is 803. The van der Waals surface area contributed by atoms with Crippen molar-refractivity contribution in [3.8, 4) is 0 Å². The summed E-state index contributed by atoms with van der Waals surface area (Å²) in [4.78, 5) is 28.8. The average Bonchev–Trinajstić information content (AvgIpc) is 3.07. The zero-order valence-corrected chi connectivity index (χ0v) is 16.6. The maximum absolute atomic E-state index is 12.7. The van der Waals surface area contributed by atoms with Gasteiger partial charge in [-0.25, -0.2) is 10.5 Å². The zero-order valence-electron chi connectivity index (χ0n) is 15.0. The molecule has 0 radical (unpaired) electrons. The van der Waals surface area contributed by atoms with Gasteiger partial charge < -0.3 is 5.32 Å². The minimum Gasteiger partial charge on any atom is -0.352 e. The van der Waals surface area contributed by atoms with E-state index in [0.717, 1.165) is 29.0 Å². The van der Waals surface area contributed by atoms with Gasteiger partial charge in [-0.2, -0.15) is 0 Å². The third-order valence-electron chi connectivity index (χ3n) is 3.95. The predicted molar refractivity (Wildman–Crippen MR) is 108 cm³/mol. The van der Waals surface area contributed by atoms with Gasteiger partial charge in [-0.05, 0) is 43.5 Å². The maximum Gasteiger partial charge on any atom is 0.251 e. The van der Waals surface area contributed by atoms with Gasteiger partial charge in [0.25, 0.3) is 5.91 Å². The molecule has 0 saturated heterocycles. The van der Waals surface area contributed by atoms with Crippen molar-refractivity contribution >= 4 is 46.4 Å². The van der Waals surface area contributed by atoms with Crippen molar-refractivity contribution in [1.29, 1.82) is 0 Å². The quantitative estimate of drug-likeness (QED) is 0.255. The number of carbonyl (C=O) groups excluding carboxylic acids is 2. The Kier molecular flexibility index (Phi) is 8.44. The molecule has 0 aliphatic heterocycles. The molecular formula is C19H22ClN3O3S. The zero-order chi connectivity index (χ0) is 19.6. The second-order valence-corrected chi connectivity index (χ2v) is 7.29. The molecule has 0 fully saturated rings. The van der Waals surface area contributed by atoms with E-state index in [2.05, 4.69) is 10.3 Å². The SMILES string of the molecule is Cc1ncsc1C=C(C(=O)NCCCCCC(=O)NO)c1ccc(Cl)cc1. The lowest BCUT2D eigenvalue weighted by Crippen LogP contribution is -2.25. The highest BCUT2D eigenvalue weighted by Crippen LogP contribution is 2.24. The average molecular weight is 408 g/mol. The molecule has 27 heavy (non-hydrogen) atoms. The molecule has 3 N–H and O–H groups in total. The number of amides is 2. The van der Waals surface area contributed by atoms with Gasteiger partial charge in [0.15, 0.2) is 0 Å². The number of halogens is 1. The number of nitrogens with one attached hydrogen (secondary N) is 2. The van der Waals surface area contributed by atoms with Crippen LogP contribution in [0.2, 0.25) is 5.02 Å². The molecule has 0 aliphatic carbocycles. The van der Waals surface area contributed by atoms with Gasteiger partial charge in [0, 0.05) is 23.6 Å². The highest BCUT2D eigenvalue weighted by atomic mass is 35.5. The molecule has 8 heteroatoms. The molecule has 0 spiro atoms. The molecule has 0 saturated carbocycles. The van der Waals surface area contributed by atoms with E-state index in [-0.39, 0.29) is 12.3 Å². The van der Waals surface area contributed by atoms with Crippen LogP contribution in [0.1, 0.15) is 41.8 Å². The lowest BCUT2D eigenvalue weighted by atomic mass is 10.0. The van der Waals surface area contributed by atoms with Gasteiger partial charge in [0.2, 0.25) is 5.91 Å². The smallest absolute Gasteiger partial charge is 0.251 e. The summed E-state index contributed by atoms with van der Waals surface area (Å²) in [5.41, 5.74) is 5.57. The topological polar surface area (TPSA) is 91.3 Å². The van der Waals surface area contributed by atoms with Crippen molar-refractivity contribution in [3.63, 3.8) is 0 Å². The van der Waals surface area contributed by atoms with Crippen LogP contribution < -0.4 is 10.8 Å². The Morgan fingerprint density at radius 1 is 1.22 bits per heavy atom. The van der Waals surface area contributed by atoms with E-state index < -0.39 is 5.91 Å². The van der Waals surface area contributed by atoms with Crippen LogP contribution in [0.15, 0.2) is 29.8 Å². The second kappa shape index (κ2) is 10.8. The molecule has 144 valence electrons. The van der Waals surface area contributed by atoms with Crippen molar-refractivity contribution in [1.82, 2.24) is 15.8 Å². The molecule has 1 aromatic heterocycles. The van der Waals surface area contributed by atoms with Crippen LogP contribution >= 0.6 is 22.9 Å². The standard InChI is InChI=1S/C19H22ClN3O3S/c1-13-17(27-12-22-13)11-16(14-6-8-15(20)9-7-14)19(25)21-10-4-2-3-5-18(24)23-26/h6-9,11-12,26H,2-5,10H2,1H3,(H,21,25)(H,23,24). The number of nitrogens with zero attached hydrogens (tertiary/aromatic N) is 1. The largest absolute Gasteiger partial charge is 0.352 e. The van der Waals surface area contributed by atoms with E-state index >= 15 is 0 Å². The summed E-state index contributed by atoms with van der Waals surface area (Å²) in [6.07, 6.45) is 4.30. The van der Waals surface area contributed by atoms with Crippen LogP contribution in [0.4, 0.5) is 0 Å². The summed E-state index contributed by atoms with van der Waals surface area (Å²) in [5, 5.41) is 12.0. The highest BCUT2D eigenvalue weighted by Gasteiger charge is 2.13. The highest BCUT2D eigenvalue weighted by molar-refractivity contribution is 7.10. The van der Waals surface area contributed by atoms with Crippen molar-refractivity contribution in [3.05, 3.63) is 50.9 Å². The Morgan fingerprint density at radius 2 is 1.96 bits per heavy atom. The van der Waals surface area contributed by atoms with Gasteiger partial charge >= 0.3 is 0 Å². The summed E-state index contributed by atoms with van der Waals surface area (Å²) >= 11 is 7.44. The number of thiazole rings is 1. The lowest BCUT2D eigenvalue weighted by Gasteiger charge is -2.10. The van der Waals surface area contributed by atoms with Gasteiger partial charge in [-0.3, -0.25) is 14.8 Å². The number of hydrogen-bond acceptors (Lipinski definition) is 5. The van der Waals surface area contributed by atoms with Crippen molar-refractivity contribution < 1.29 is 14.8 Å². The molecule has 1 aromatic carbocycles. The number of hydroxylamine groups is 1. The number of hydrogen-bond donors (Lipinski definition) is 3. The third kappa shape index (κ3) is 6.78. The number of aryl methyl sites for hydroxylation is 1. The Labute approximate surface area is 167 Å². The minimum atomic E-state index is -0.396. The number of aromatic nitrogens is 1. The molecular weight excluding hydrogens is 386 g/mol. The molecule has 6 nitrogen and oxygen atoms in total. The molecule has 2 rings (SSSR count). The fourth-order valence-electron chi connectivity index (χ4n) is 2.43. The van der Waals surface area contributed by atoms with Gasteiger partial charge in [-0.1, -0.05) is 30.2 Å². The van der Waals surface area contributed by atoms with E-state index in [9.17, 15) is 9.59 Å². The number of carbonyl (C=O) groups is 2. The Balaban J connectivity index is 2.00. The summed E-state index contributed by atoms with van der Waals surface area (Å²) in [7, 11) is 0. The summed E-state index contributed by atoms with van der Waals surface area (Å²) in [6, 6.07) is 7.14. The van der Waals surface area contributed by atoms with E-state index in [1.54, 1.807) is 23.1 Å². The number of unbranched alkanes of at least 4 members (excludes halogenated alkanes) is 2. The predicted octanol–water partition coefficient (Wildman–Crippen LogP) is 3.83. The number of rotatable bonds is 9. The van der Waals surface area contributed by atoms with E-state index in [4.69, 9.17) is 16.8 Å². The third-order valence-corrected chi connectivity index (χ3v) is 5.08. The first-order valence-electron chi connectivity index (χ1n) is 8.60. The fourth-order valence-corrected chi connectivity index (χ4v) is 3.29. The molecule has 1 heterocycles. The molecule has 0 unspecified atom stereocenters. The Hall–Kier alpha value is -2.22. The lowest BCUT2D eigenvalue weighted by molar-refractivity contribution is -0.129. The summed E-state index contributed by atoms with van der Waals surface area (Å²) in [6.45, 7) is 2.41.